The average Bonchev–Trinajstić information content (AvgIpc) is 3.34. The number of para-hydroxylation sites is 1. The Hall–Kier alpha value is -4.30. The van der Waals surface area contributed by atoms with Crippen molar-refractivity contribution in [2.24, 2.45) is 0 Å². The molecule has 0 aliphatic heterocycles. The predicted molar refractivity (Wildman–Crippen MR) is 138 cm³/mol. The number of hydrogen-bond donors (Lipinski definition) is 2. The van der Waals surface area contributed by atoms with Crippen molar-refractivity contribution in [1.29, 1.82) is 0 Å². The third-order valence-corrected chi connectivity index (χ3v) is 7.46. The predicted octanol–water partition coefficient (Wildman–Crippen LogP) is 2.32. The van der Waals surface area contributed by atoms with Crippen LogP contribution in [-0.4, -0.2) is 69.8 Å². The van der Waals surface area contributed by atoms with Crippen molar-refractivity contribution in [1.82, 2.24) is 29.7 Å². The van der Waals surface area contributed by atoms with Crippen molar-refractivity contribution >= 4 is 16.0 Å². The molecule has 13 nitrogen and oxygen atoms in total. The van der Waals surface area contributed by atoms with Crippen LogP contribution in [0.2, 0.25) is 0 Å². The zero-order valence-corrected chi connectivity index (χ0v) is 22.2. The number of rotatable bonds is 10. The quantitative estimate of drug-likeness (QED) is 0.303. The van der Waals surface area contributed by atoms with Crippen LogP contribution in [0, 0.1) is 6.92 Å². The number of aromatic nitrogens is 6. The number of anilines is 1. The van der Waals surface area contributed by atoms with Crippen molar-refractivity contribution in [2.75, 3.05) is 26.1 Å². The zero-order valence-electron chi connectivity index (χ0n) is 21.4. The molecule has 4 aromatic rings. The molecule has 0 aliphatic rings. The van der Waals surface area contributed by atoms with E-state index in [0.29, 0.717) is 34.6 Å². The standard InChI is InChI=1S/C24H27N7O6S/c1-14(22(32)16-12-25-15(2)26-13-16)38(33,34)30-24-29-28-23(17-8-6-11-20(27-17)37-5)31(24)21-18(35-3)9-7-10-19(21)36-4/h6-14,22,32H,1-5H3,(H,29,30)/t14-,22+/m1/s1. The summed E-state index contributed by atoms with van der Waals surface area (Å²) in [6.07, 6.45) is 1.35. The van der Waals surface area contributed by atoms with Gasteiger partial charge in [0.05, 0.1) is 21.3 Å². The van der Waals surface area contributed by atoms with E-state index in [1.165, 1.54) is 45.2 Å². The fraction of sp³-hybridized carbons (Fsp3) is 0.292. The number of aliphatic hydroxyl groups excluding tert-OH is 1. The minimum atomic E-state index is -4.23. The van der Waals surface area contributed by atoms with Gasteiger partial charge in [0.2, 0.25) is 21.9 Å². The molecule has 0 fully saturated rings. The van der Waals surface area contributed by atoms with Gasteiger partial charge in [0, 0.05) is 24.0 Å². The molecule has 0 amide bonds. The van der Waals surface area contributed by atoms with E-state index in [1.54, 1.807) is 43.3 Å². The second-order valence-corrected chi connectivity index (χ2v) is 10.2. The first kappa shape index (κ1) is 26.8. The number of sulfonamides is 1. The highest BCUT2D eigenvalue weighted by Gasteiger charge is 2.33. The van der Waals surface area contributed by atoms with Crippen LogP contribution in [0.1, 0.15) is 24.4 Å². The van der Waals surface area contributed by atoms with Crippen molar-refractivity contribution in [2.45, 2.75) is 25.2 Å². The molecule has 0 bridgehead atoms. The highest BCUT2D eigenvalue weighted by molar-refractivity contribution is 7.93. The Morgan fingerprint density at radius 1 is 0.947 bits per heavy atom. The van der Waals surface area contributed by atoms with Crippen LogP contribution in [0.15, 0.2) is 48.8 Å². The highest BCUT2D eigenvalue weighted by Crippen LogP contribution is 2.38. The third kappa shape index (κ3) is 5.21. The van der Waals surface area contributed by atoms with Gasteiger partial charge in [0.25, 0.3) is 0 Å². The Bertz CT molecular complexity index is 1500. The Kier molecular flexibility index (Phi) is 7.73. The molecule has 2 atom stereocenters. The summed E-state index contributed by atoms with van der Waals surface area (Å²) in [5, 5.41) is 17.8. The van der Waals surface area contributed by atoms with Gasteiger partial charge < -0.3 is 19.3 Å². The van der Waals surface area contributed by atoms with Gasteiger partial charge in [0.15, 0.2) is 5.82 Å². The minimum Gasteiger partial charge on any atom is -0.494 e. The van der Waals surface area contributed by atoms with E-state index >= 15 is 0 Å². The number of aryl methyl sites for hydroxylation is 1. The topological polar surface area (TPSA) is 163 Å². The van der Waals surface area contributed by atoms with Crippen LogP contribution in [0.5, 0.6) is 17.4 Å². The smallest absolute Gasteiger partial charge is 0.243 e. The molecule has 2 N–H and O–H groups in total. The second-order valence-electron chi connectivity index (χ2n) is 8.12. The van der Waals surface area contributed by atoms with Gasteiger partial charge in [-0.25, -0.2) is 23.4 Å². The number of pyridine rings is 1. The maximum Gasteiger partial charge on any atom is 0.243 e. The first-order valence-electron chi connectivity index (χ1n) is 11.4. The van der Waals surface area contributed by atoms with Gasteiger partial charge in [-0.15, -0.1) is 10.2 Å². The number of hydrogen-bond acceptors (Lipinski definition) is 11. The molecule has 3 aromatic heterocycles. The summed E-state index contributed by atoms with van der Waals surface area (Å²) in [5.74, 6) is 1.55. The number of benzene rings is 1. The van der Waals surface area contributed by atoms with E-state index in [2.05, 4.69) is 29.9 Å². The highest BCUT2D eigenvalue weighted by atomic mass is 32.2. The minimum absolute atomic E-state index is 0.174. The van der Waals surface area contributed by atoms with E-state index in [1.807, 2.05) is 0 Å². The summed E-state index contributed by atoms with van der Waals surface area (Å²) in [6, 6.07) is 10.1. The maximum absolute atomic E-state index is 13.4. The molecule has 0 spiro atoms. The van der Waals surface area contributed by atoms with Crippen LogP contribution >= 0.6 is 0 Å². The summed E-state index contributed by atoms with van der Waals surface area (Å²) in [5.41, 5.74) is 0.933. The molecule has 38 heavy (non-hydrogen) atoms. The molecule has 14 heteroatoms. The average molecular weight is 542 g/mol. The molecule has 0 radical (unpaired) electrons. The molecule has 200 valence electrons. The number of methoxy groups -OCH3 is 3. The third-order valence-electron chi connectivity index (χ3n) is 5.76. The largest absolute Gasteiger partial charge is 0.494 e. The summed E-state index contributed by atoms with van der Waals surface area (Å²) >= 11 is 0. The van der Waals surface area contributed by atoms with Crippen LogP contribution in [0.3, 0.4) is 0 Å². The molecular weight excluding hydrogens is 514 g/mol. The second kappa shape index (κ2) is 11.0. The lowest BCUT2D eigenvalue weighted by molar-refractivity contribution is 0.175. The van der Waals surface area contributed by atoms with Gasteiger partial charge in [-0.3, -0.25) is 9.29 Å². The van der Waals surface area contributed by atoms with E-state index < -0.39 is 21.4 Å². The van der Waals surface area contributed by atoms with E-state index in [0.717, 1.165) is 0 Å². The van der Waals surface area contributed by atoms with Gasteiger partial charge in [-0.2, -0.15) is 0 Å². The van der Waals surface area contributed by atoms with Crippen molar-refractivity contribution < 1.29 is 27.7 Å². The normalized spacial score (nSPS) is 13.0. The van der Waals surface area contributed by atoms with Gasteiger partial charge in [0.1, 0.15) is 40.1 Å². The van der Waals surface area contributed by atoms with Gasteiger partial charge in [-0.05, 0) is 32.0 Å². The fourth-order valence-corrected chi connectivity index (χ4v) is 4.72. The fourth-order valence-electron chi connectivity index (χ4n) is 3.65. The lowest BCUT2D eigenvalue weighted by Gasteiger charge is -2.21. The first-order chi connectivity index (χ1) is 18.2. The van der Waals surface area contributed by atoms with Crippen LogP contribution < -0.4 is 18.9 Å². The number of nitrogens with zero attached hydrogens (tertiary/aromatic N) is 6. The lowest BCUT2D eigenvalue weighted by Crippen LogP contribution is -2.32. The molecule has 0 aliphatic carbocycles. The van der Waals surface area contributed by atoms with Crippen molar-refractivity contribution in [3.63, 3.8) is 0 Å². The number of ether oxygens (including phenoxy) is 3. The number of nitrogens with one attached hydrogen (secondary N) is 1. The lowest BCUT2D eigenvalue weighted by atomic mass is 10.1. The van der Waals surface area contributed by atoms with E-state index in [-0.39, 0.29) is 17.3 Å². The summed E-state index contributed by atoms with van der Waals surface area (Å²) < 4.78 is 47.1. The molecule has 0 saturated carbocycles. The van der Waals surface area contributed by atoms with Crippen LogP contribution in [0.4, 0.5) is 5.95 Å². The Morgan fingerprint density at radius 2 is 1.58 bits per heavy atom. The van der Waals surface area contributed by atoms with Crippen molar-refractivity contribution in [3.8, 4) is 34.6 Å². The number of aliphatic hydroxyl groups is 1. The van der Waals surface area contributed by atoms with E-state index in [9.17, 15) is 13.5 Å². The Labute approximate surface area is 219 Å². The zero-order chi connectivity index (χ0) is 27.4. The Morgan fingerprint density at radius 3 is 2.18 bits per heavy atom. The van der Waals surface area contributed by atoms with Gasteiger partial charge >= 0.3 is 0 Å². The molecule has 0 unspecified atom stereocenters. The molecule has 1 aromatic carbocycles. The van der Waals surface area contributed by atoms with Crippen LogP contribution in [0.25, 0.3) is 17.2 Å². The molecular formula is C24H27N7O6S. The van der Waals surface area contributed by atoms with E-state index in [4.69, 9.17) is 14.2 Å². The first-order valence-corrected chi connectivity index (χ1v) is 12.9. The summed E-state index contributed by atoms with van der Waals surface area (Å²) in [7, 11) is 0.190. The van der Waals surface area contributed by atoms with Gasteiger partial charge in [-0.1, -0.05) is 12.1 Å². The molecule has 0 saturated heterocycles. The summed E-state index contributed by atoms with van der Waals surface area (Å²) in [6.45, 7) is 3.05. The maximum atomic E-state index is 13.4. The monoisotopic (exact) mass is 541 g/mol. The van der Waals surface area contributed by atoms with Crippen molar-refractivity contribution in [3.05, 3.63) is 60.2 Å². The SMILES string of the molecule is COc1cccc(-c2nnc(NS(=O)(=O)[C@H](C)[C@H](O)c3cnc(C)nc3)n2-c2c(OC)cccc2OC)n1. The summed E-state index contributed by atoms with van der Waals surface area (Å²) in [4.78, 5) is 12.5. The molecule has 3 heterocycles. The molecule has 4 rings (SSSR count). The Balaban J connectivity index is 1.84. The van der Waals surface area contributed by atoms with Crippen LogP contribution in [-0.2, 0) is 10.0 Å².